The lowest BCUT2D eigenvalue weighted by Gasteiger charge is -2.38. The van der Waals surface area contributed by atoms with Gasteiger partial charge in [0.2, 0.25) is 0 Å². The van der Waals surface area contributed by atoms with Crippen LogP contribution in [-0.4, -0.2) is 38.9 Å². The first-order valence-corrected chi connectivity index (χ1v) is 8.71. The zero-order chi connectivity index (χ0) is 19.5. The number of rotatable bonds is 5. The van der Waals surface area contributed by atoms with E-state index in [-0.39, 0.29) is 24.4 Å². The molecule has 0 saturated carbocycles. The fourth-order valence-electron chi connectivity index (χ4n) is 2.94. The maximum atomic E-state index is 12.9. The number of nitrogens with zero attached hydrogens (tertiary/aromatic N) is 5. The molecule has 140 valence electrons. The third-order valence-electron chi connectivity index (χ3n) is 4.52. The number of hydrogen-bond donors (Lipinski definition) is 0. The average Bonchev–Trinajstić information content (AvgIpc) is 3.15. The predicted octanol–water partition coefficient (Wildman–Crippen LogP) is 2.56. The molecule has 0 aliphatic carbocycles. The summed E-state index contributed by atoms with van der Waals surface area (Å²) in [5.74, 6) is 0.131. The topological polar surface area (TPSA) is 84.0 Å². The first-order valence-electron chi connectivity index (χ1n) is 8.71. The third kappa shape index (κ3) is 3.69. The first kappa shape index (κ1) is 17.7. The van der Waals surface area contributed by atoms with Crippen molar-refractivity contribution in [3.05, 3.63) is 77.4 Å². The second-order valence-electron chi connectivity index (χ2n) is 6.49. The maximum Gasteiger partial charge on any atom is 0.254 e. The van der Waals surface area contributed by atoms with E-state index in [1.54, 1.807) is 52.2 Å². The van der Waals surface area contributed by atoms with Crippen LogP contribution in [0.25, 0.3) is 0 Å². The van der Waals surface area contributed by atoms with Crippen LogP contribution in [0.4, 0.5) is 4.39 Å². The van der Waals surface area contributed by atoms with Crippen LogP contribution in [0, 0.1) is 17.1 Å². The van der Waals surface area contributed by atoms with E-state index in [1.807, 2.05) is 6.07 Å². The van der Waals surface area contributed by atoms with E-state index in [4.69, 9.17) is 10.00 Å². The Labute approximate surface area is 160 Å². The van der Waals surface area contributed by atoms with Gasteiger partial charge in [-0.25, -0.2) is 9.07 Å². The Kier molecular flexibility index (Phi) is 4.72. The van der Waals surface area contributed by atoms with Crippen LogP contribution in [0.15, 0.2) is 54.7 Å². The van der Waals surface area contributed by atoms with Crippen molar-refractivity contribution >= 4 is 5.91 Å². The van der Waals surface area contributed by atoms with E-state index in [0.717, 1.165) is 0 Å². The van der Waals surface area contributed by atoms with E-state index < -0.39 is 0 Å². The van der Waals surface area contributed by atoms with Crippen molar-refractivity contribution in [1.82, 2.24) is 19.9 Å². The predicted molar refractivity (Wildman–Crippen MR) is 96.9 cm³/mol. The molecule has 7 nitrogen and oxygen atoms in total. The minimum absolute atomic E-state index is 0.0511. The zero-order valence-electron chi connectivity index (χ0n) is 14.8. The molecule has 1 aromatic heterocycles. The summed E-state index contributed by atoms with van der Waals surface area (Å²) in [5.41, 5.74) is 1.62. The molecule has 1 saturated heterocycles. The molecule has 28 heavy (non-hydrogen) atoms. The molecular weight excluding hydrogens is 361 g/mol. The van der Waals surface area contributed by atoms with Crippen LogP contribution in [-0.2, 0) is 6.61 Å². The van der Waals surface area contributed by atoms with E-state index >= 15 is 0 Å². The minimum Gasteiger partial charge on any atom is -0.487 e. The van der Waals surface area contributed by atoms with Crippen LogP contribution >= 0.6 is 0 Å². The van der Waals surface area contributed by atoms with Crippen molar-refractivity contribution in [2.24, 2.45) is 0 Å². The van der Waals surface area contributed by atoms with Crippen LogP contribution in [0.5, 0.6) is 5.75 Å². The lowest BCUT2D eigenvalue weighted by Crippen LogP contribution is -2.50. The van der Waals surface area contributed by atoms with Gasteiger partial charge in [-0.1, -0.05) is 11.3 Å². The first-order chi connectivity index (χ1) is 13.6. The highest BCUT2D eigenvalue weighted by Crippen LogP contribution is 2.23. The Bertz CT molecular complexity index is 1040. The lowest BCUT2D eigenvalue weighted by molar-refractivity contribution is 0.0498. The van der Waals surface area contributed by atoms with Crippen LogP contribution in [0.1, 0.15) is 27.7 Å². The summed E-state index contributed by atoms with van der Waals surface area (Å²) in [5, 5.41) is 17.1. The fourth-order valence-corrected chi connectivity index (χ4v) is 2.94. The molecule has 2 aromatic carbocycles. The molecule has 0 atom stereocenters. The normalized spacial score (nSPS) is 13.6. The molecule has 0 N–H and O–H groups in total. The number of carbonyl (C=O) groups is 1. The average molecular weight is 377 g/mol. The number of halogens is 1. The minimum atomic E-state index is -0.318. The van der Waals surface area contributed by atoms with E-state index in [9.17, 15) is 9.18 Å². The van der Waals surface area contributed by atoms with Gasteiger partial charge in [0.05, 0.1) is 23.9 Å². The van der Waals surface area contributed by atoms with Gasteiger partial charge < -0.3 is 9.64 Å². The van der Waals surface area contributed by atoms with Crippen molar-refractivity contribution in [3.63, 3.8) is 0 Å². The summed E-state index contributed by atoms with van der Waals surface area (Å²) in [6.07, 6.45) is 1.78. The highest BCUT2D eigenvalue weighted by molar-refractivity contribution is 5.95. The van der Waals surface area contributed by atoms with E-state index in [2.05, 4.69) is 10.3 Å². The summed E-state index contributed by atoms with van der Waals surface area (Å²) in [6.45, 7) is 1.27. The summed E-state index contributed by atoms with van der Waals surface area (Å²) in [4.78, 5) is 14.2. The van der Waals surface area contributed by atoms with Crippen LogP contribution in [0.2, 0.25) is 0 Å². The highest BCUT2D eigenvalue weighted by Gasteiger charge is 2.33. The molecule has 2 heterocycles. The summed E-state index contributed by atoms with van der Waals surface area (Å²) >= 11 is 0. The van der Waals surface area contributed by atoms with Gasteiger partial charge in [-0.15, -0.1) is 5.10 Å². The number of carbonyl (C=O) groups excluding carboxylic acids is 1. The molecule has 3 aromatic rings. The summed E-state index contributed by atoms with van der Waals surface area (Å²) in [7, 11) is 0. The van der Waals surface area contributed by atoms with Gasteiger partial charge in [0.25, 0.3) is 5.91 Å². The Hall–Kier alpha value is -3.73. The lowest BCUT2D eigenvalue weighted by atomic mass is 10.1. The van der Waals surface area contributed by atoms with Gasteiger partial charge >= 0.3 is 0 Å². The van der Waals surface area contributed by atoms with Crippen molar-refractivity contribution in [2.45, 2.75) is 12.6 Å². The van der Waals surface area contributed by atoms with Crippen molar-refractivity contribution in [2.75, 3.05) is 13.1 Å². The molecule has 1 amide bonds. The van der Waals surface area contributed by atoms with E-state index in [1.165, 1.54) is 12.1 Å². The number of hydrogen-bond acceptors (Lipinski definition) is 5. The quantitative estimate of drug-likeness (QED) is 0.682. The van der Waals surface area contributed by atoms with Crippen molar-refractivity contribution < 1.29 is 13.9 Å². The van der Waals surface area contributed by atoms with E-state index in [0.29, 0.717) is 35.7 Å². The van der Waals surface area contributed by atoms with Crippen molar-refractivity contribution in [3.8, 4) is 11.8 Å². The fraction of sp³-hybridized carbons (Fsp3) is 0.200. The molecular formula is C20H16FN5O2. The second-order valence-corrected chi connectivity index (χ2v) is 6.49. The molecule has 8 heteroatoms. The smallest absolute Gasteiger partial charge is 0.254 e. The Morgan fingerprint density at radius 3 is 2.79 bits per heavy atom. The highest BCUT2D eigenvalue weighted by atomic mass is 19.1. The molecule has 1 aliphatic heterocycles. The van der Waals surface area contributed by atoms with Gasteiger partial charge in [-0.05, 0) is 42.5 Å². The number of amides is 1. The molecule has 1 aliphatic rings. The number of likely N-dealkylation sites (tertiary alicyclic amines) is 1. The Morgan fingerprint density at radius 2 is 2.04 bits per heavy atom. The largest absolute Gasteiger partial charge is 0.487 e. The molecule has 0 spiro atoms. The van der Waals surface area contributed by atoms with Crippen LogP contribution < -0.4 is 4.74 Å². The van der Waals surface area contributed by atoms with Gasteiger partial charge in [0, 0.05) is 18.7 Å². The van der Waals surface area contributed by atoms with Crippen molar-refractivity contribution in [1.29, 1.82) is 5.26 Å². The number of benzene rings is 2. The molecule has 1 fully saturated rings. The van der Waals surface area contributed by atoms with Gasteiger partial charge in [0.1, 0.15) is 23.9 Å². The second kappa shape index (κ2) is 7.48. The van der Waals surface area contributed by atoms with Gasteiger partial charge in [0.15, 0.2) is 0 Å². The van der Waals surface area contributed by atoms with Crippen LogP contribution in [0.3, 0.4) is 0 Å². The third-order valence-corrected chi connectivity index (χ3v) is 4.52. The summed E-state index contributed by atoms with van der Waals surface area (Å²) in [6, 6.07) is 14.5. The molecule has 0 bridgehead atoms. The number of nitriles is 1. The molecule has 0 unspecified atom stereocenters. The molecule has 0 radical (unpaired) electrons. The van der Waals surface area contributed by atoms with Gasteiger partial charge in [-0.3, -0.25) is 4.79 Å². The standard InChI is InChI=1S/C20H16FN5O2/c21-16-4-6-19(7-5-16)28-13-17-10-26(24-23-17)18-11-25(12-18)20(27)15-3-1-2-14(8-15)9-22/h1-8,10,18H,11-13H2. The SMILES string of the molecule is N#Cc1cccc(C(=O)N2CC(n3cc(COc4ccc(F)cc4)nn3)C2)c1. The molecule has 4 rings (SSSR count). The van der Waals surface area contributed by atoms with Gasteiger partial charge in [-0.2, -0.15) is 5.26 Å². The Balaban J connectivity index is 1.32. The zero-order valence-corrected chi connectivity index (χ0v) is 14.8. The number of ether oxygens (including phenoxy) is 1. The monoisotopic (exact) mass is 377 g/mol. The summed E-state index contributed by atoms with van der Waals surface area (Å²) < 4.78 is 20.2. The number of aromatic nitrogens is 3. The maximum absolute atomic E-state index is 12.9. The Morgan fingerprint density at radius 1 is 1.25 bits per heavy atom.